The van der Waals surface area contributed by atoms with Gasteiger partial charge in [0.05, 0.1) is 5.92 Å². The topological polar surface area (TPSA) is 63.4 Å². The minimum Gasteiger partial charge on any atom is -0.369 e. The van der Waals surface area contributed by atoms with E-state index in [-0.39, 0.29) is 11.8 Å². The molecule has 2 amide bonds. The molecular formula is C7H12N2O2. The van der Waals surface area contributed by atoms with E-state index in [9.17, 15) is 9.59 Å². The molecule has 4 nitrogen and oxygen atoms in total. The molecule has 1 rings (SSSR count). The van der Waals surface area contributed by atoms with E-state index in [4.69, 9.17) is 5.73 Å². The highest BCUT2D eigenvalue weighted by atomic mass is 16.1. The van der Waals surface area contributed by atoms with Crippen molar-refractivity contribution in [2.75, 3.05) is 13.1 Å². The number of piperidine rings is 1. The molecule has 0 unspecified atom stereocenters. The molecule has 11 heavy (non-hydrogen) atoms. The molecule has 1 atom stereocenters. The normalized spacial score (nSPS) is 24.7. The number of carbonyl (C=O) groups excluding carboxylic acids is 2. The van der Waals surface area contributed by atoms with Gasteiger partial charge in [0, 0.05) is 13.1 Å². The van der Waals surface area contributed by atoms with Gasteiger partial charge in [0.25, 0.3) is 0 Å². The Bertz CT molecular complexity index is 170. The Kier molecular flexibility index (Phi) is 2.46. The number of hydrogen-bond acceptors (Lipinski definition) is 2. The molecule has 0 spiro atoms. The molecule has 0 aromatic carbocycles. The lowest BCUT2D eigenvalue weighted by Crippen LogP contribution is -2.40. The average Bonchev–Trinajstić information content (AvgIpc) is 2.05. The molecule has 0 saturated carbocycles. The van der Waals surface area contributed by atoms with Gasteiger partial charge >= 0.3 is 0 Å². The van der Waals surface area contributed by atoms with Crippen molar-refractivity contribution in [1.29, 1.82) is 0 Å². The number of primary amides is 1. The molecule has 1 saturated heterocycles. The van der Waals surface area contributed by atoms with Crippen LogP contribution in [0.2, 0.25) is 0 Å². The highest BCUT2D eigenvalue weighted by molar-refractivity contribution is 5.77. The smallest absolute Gasteiger partial charge is 0.222 e. The summed E-state index contributed by atoms with van der Waals surface area (Å²) >= 11 is 0. The van der Waals surface area contributed by atoms with Crippen LogP contribution in [0.4, 0.5) is 0 Å². The number of likely N-dealkylation sites (tertiary alicyclic amines) is 1. The monoisotopic (exact) mass is 156 g/mol. The van der Waals surface area contributed by atoms with Crippen molar-refractivity contribution >= 4 is 12.3 Å². The number of rotatable bonds is 2. The predicted octanol–water partition coefficient (Wildman–Crippen LogP) is -0.660. The van der Waals surface area contributed by atoms with Crippen LogP contribution in [0, 0.1) is 5.92 Å². The molecule has 4 heteroatoms. The first-order valence-electron chi connectivity index (χ1n) is 3.72. The molecular weight excluding hydrogens is 144 g/mol. The molecule has 0 bridgehead atoms. The maximum Gasteiger partial charge on any atom is 0.222 e. The van der Waals surface area contributed by atoms with E-state index in [1.807, 2.05) is 0 Å². The van der Waals surface area contributed by atoms with Gasteiger partial charge in [-0.05, 0) is 12.8 Å². The summed E-state index contributed by atoms with van der Waals surface area (Å²) in [6, 6.07) is 0. The fourth-order valence-electron chi connectivity index (χ4n) is 1.33. The van der Waals surface area contributed by atoms with Gasteiger partial charge in [0.2, 0.25) is 12.3 Å². The molecule has 1 aliphatic heterocycles. The highest BCUT2D eigenvalue weighted by Crippen LogP contribution is 2.13. The molecule has 0 aliphatic carbocycles. The van der Waals surface area contributed by atoms with Crippen molar-refractivity contribution in [1.82, 2.24) is 4.90 Å². The van der Waals surface area contributed by atoms with Crippen molar-refractivity contribution in [3.05, 3.63) is 0 Å². The second-order valence-electron chi connectivity index (χ2n) is 2.84. The molecule has 0 radical (unpaired) electrons. The Balaban J connectivity index is 2.45. The number of amides is 2. The third kappa shape index (κ3) is 1.93. The van der Waals surface area contributed by atoms with Crippen LogP contribution in [0.5, 0.6) is 0 Å². The standard InChI is InChI=1S/C7H12N2O2/c8-7(11)6-2-1-3-9(4-6)5-10/h5-6H,1-4H2,(H2,8,11)/t6-/m0/s1. The third-order valence-corrected chi connectivity index (χ3v) is 2.00. The summed E-state index contributed by atoms with van der Waals surface area (Å²) in [7, 11) is 0. The quantitative estimate of drug-likeness (QED) is 0.539. The SMILES string of the molecule is NC(=O)[C@H]1CCCN(C=O)C1. The lowest BCUT2D eigenvalue weighted by Gasteiger charge is -2.27. The maximum atomic E-state index is 10.7. The predicted molar refractivity (Wildman–Crippen MR) is 39.6 cm³/mol. The van der Waals surface area contributed by atoms with Crippen LogP contribution >= 0.6 is 0 Å². The van der Waals surface area contributed by atoms with Crippen LogP contribution in [-0.4, -0.2) is 30.3 Å². The lowest BCUT2D eigenvalue weighted by atomic mass is 9.98. The summed E-state index contributed by atoms with van der Waals surface area (Å²) in [6.07, 6.45) is 2.47. The van der Waals surface area contributed by atoms with Crippen LogP contribution in [0.3, 0.4) is 0 Å². The molecule has 0 aromatic heterocycles. The summed E-state index contributed by atoms with van der Waals surface area (Å²) in [5, 5.41) is 0. The van der Waals surface area contributed by atoms with Crippen LogP contribution < -0.4 is 5.73 Å². The van der Waals surface area contributed by atoms with Gasteiger partial charge in [0.1, 0.15) is 0 Å². The number of hydrogen-bond donors (Lipinski definition) is 1. The van der Waals surface area contributed by atoms with Gasteiger partial charge in [-0.2, -0.15) is 0 Å². The molecule has 0 aromatic rings. The van der Waals surface area contributed by atoms with Crippen LogP contribution in [0.15, 0.2) is 0 Å². The minimum atomic E-state index is -0.295. The van der Waals surface area contributed by atoms with E-state index in [2.05, 4.69) is 0 Å². The Morgan fingerprint density at radius 2 is 2.36 bits per heavy atom. The summed E-state index contributed by atoms with van der Waals surface area (Å²) in [6.45, 7) is 1.26. The average molecular weight is 156 g/mol. The molecule has 2 N–H and O–H groups in total. The van der Waals surface area contributed by atoms with Crippen molar-refractivity contribution in [3.8, 4) is 0 Å². The van der Waals surface area contributed by atoms with Gasteiger partial charge in [-0.15, -0.1) is 0 Å². The largest absolute Gasteiger partial charge is 0.369 e. The van der Waals surface area contributed by atoms with E-state index in [1.54, 1.807) is 4.90 Å². The maximum absolute atomic E-state index is 10.7. The second-order valence-corrected chi connectivity index (χ2v) is 2.84. The van der Waals surface area contributed by atoms with Crippen LogP contribution in [0.25, 0.3) is 0 Å². The Morgan fingerprint density at radius 3 is 2.91 bits per heavy atom. The zero-order valence-corrected chi connectivity index (χ0v) is 6.32. The summed E-state index contributed by atoms with van der Waals surface area (Å²) in [4.78, 5) is 22.6. The highest BCUT2D eigenvalue weighted by Gasteiger charge is 2.22. The Hall–Kier alpha value is -1.06. The van der Waals surface area contributed by atoms with E-state index >= 15 is 0 Å². The lowest BCUT2D eigenvalue weighted by molar-refractivity contribution is -0.126. The Morgan fingerprint density at radius 1 is 1.64 bits per heavy atom. The van der Waals surface area contributed by atoms with Crippen molar-refractivity contribution < 1.29 is 9.59 Å². The first-order valence-corrected chi connectivity index (χ1v) is 3.72. The zero-order valence-electron chi connectivity index (χ0n) is 6.32. The fraction of sp³-hybridized carbons (Fsp3) is 0.714. The van der Waals surface area contributed by atoms with Gasteiger partial charge in [-0.25, -0.2) is 0 Å². The minimum absolute atomic E-state index is 0.131. The zero-order chi connectivity index (χ0) is 8.27. The molecule has 62 valence electrons. The van der Waals surface area contributed by atoms with Gasteiger partial charge in [0.15, 0.2) is 0 Å². The van der Waals surface area contributed by atoms with Gasteiger partial charge < -0.3 is 10.6 Å². The first-order chi connectivity index (χ1) is 5.24. The van der Waals surface area contributed by atoms with Crippen LogP contribution in [-0.2, 0) is 9.59 Å². The summed E-state index contributed by atoms with van der Waals surface area (Å²) in [5.41, 5.74) is 5.10. The van der Waals surface area contributed by atoms with Crippen molar-refractivity contribution in [2.24, 2.45) is 11.7 Å². The third-order valence-electron chi connectivity index (χ3n) is 2.00. The van der Waals surface area contributed by atoms with E-state index in [1.165, 1.54) is 0 Å². The first kappa shape index (κ1) is 8.04. The van der Waals surface area contributed by atoms with E-state index < -0.39 is 0 Å². The van der Waals surface area contributed by atoms with Crippen molar-refractivity contribution in [3.63, 3.8) is 0 Å². The number of nitrogens with two attached hydrogens (primary N) is 1. The van der Waals surface area contributed by atoms with Crippen molar-refractivity contribution in [2.45, 2.75) is 12.8 Å². The van der Waals surface area contributed by atoms with E-state index in [0.717, 1.165) is 25.8 Å². The Labute approximate surface area is 65.3 Å². The van der Waals surface area contributed by atoms with Crippen LogP contribution in [0.1, 0.15) is 12.8 Å². The fourth-order valence-corrected chi connectivity index (χ4v) is 1.33. The summed E-state index contributed by atoms with van der Waals surface area (Å²) < 4.78 is 0. The summed E-state index contributed by atoms with van der Waals surface area (Å²) in [5.74, 6) is -0.425. The van der Waals surface area contributed by atoms with E-state index in [0.29, 0.717) is 6.54 Å². The van der Waals surface area contributed by atoms with Gasteiger partial charge in [-0.1, -0.05) is 0 Å². The molecule has 1 aliphatic rings. The molecule has 1 fully saturated rings. The number of nitrogens with zero attached hydrogens (tertiary/aromatic N) is 1. The number of carbonyl (C=O) groups is 2. The molecule has 1 heterocycles. The van der Waals surface area contributed by atoms with Gasteiger partial charge in [-0.3, -0.25) is 9.59 Å². The second kappa shape index (κ2) is 3.37.